The van der Waals surface area contributed by atoms with Crippen molar-refractivity contribution >= 4 is 0 Å². The third kappa shape index (κ3) is 3.20. The fourth-order valence-electron chi connectivity index (χ4n) is 2.74. The van der Waals surface area contributed by atoms with E-state index in [-0.39, 0.29) is 25.5 Å². The predicted molar refractivity (Wildman–Crippen MR) is 95.4 cm³/mol. The van der Waals surface area contributed by atoms with E-state index in [0.29, 0.717) is 29.2 Å². The molecule has 1 aromatic carbocycles. The number of nitrogens with zero attached hydrogens (tertiary/aromatic N) is 4. The topological polar surface area (TPSA) is 97.2 Å². The van der Waals surface area contributed by atoms with Gasteiger partial charge in [-0.15, -0.1) is 0 Å². The minimum atomic E-state index is -0.398. The molecule has 0 radical (unpaired) electrons. The van der Waals surface area contributed by atoms with Crippen molar-refractivity contribution < 1.29 is 13.9 Å². The first-order chi connectivity index (χ1) is 13.2. The number of halogens is 1. The molecule has 138 valence electrons. The second-order valence-corrected chi connectivity index (χ2v) is 5.88. The SMILES string of the molecule is NC/C(=C\F)Cn1ncn(-c2ccnc(-c3ccc4c(c3)OCO4)c2)c1=O. The van der Waals surface area contributed by atoms with Crippen LogP contribution in [-0.4, -0.2) is 32.7 Å². The minimum Gasteiger partial charge on any atom is -0.454 e. The highest BCUT2D eigenvalue weighted by Crippen LogP contribution is 2.35. The first-order valence-electron chi connectivity index (χ1n) is 8.18. The molecule has 1 aliphatic rings. The van der Waals surface area contributed by atoms with Crippen LogP contribution in [0.5, 0.6) is 11.5 Å². The quantitative estimate of drug-likeness (QED) is 0.734. The van der Waals surface area contributed by atoms with Crippen LogP contribution >= 0.6 is 0 Å². The lowest BCUT2D eigenvalue weighted by molar-refractivity contribution is 0.174. The van der Waals surface area contributed by atoms with Crippen molar-refractivity contribution in [1.29, 1.82) is 0 Å². The monoisotopic (exact) mass is 369 g/mol. The summed E-state index contributed by atoms with van der Waals surface area (Å²) in [5, 5.41) is 4.02. The maximum absolute atomic E-state index is 12.7. The molecule has 9 heteroatoms. The second-order valence-electron chi connectivity index (χ2n) is 5.88. The number of hydrogen-bond donors (Lipinski definition) is 1. The highest BCUT2D eigenvalue weighted by Gasteiger charge is 2.15. The van der Waals surface area contributed by atoms with Crippen LogP contribution in [0, 0.1) is 0 Å². The highest BCUT2D eigenvalue weighted by molar-refractivity contribution is 5.66. The molecule has 1 aliphatic heterocycles. The van der Waals surface area contributed by atoms with Gasteiger partial charge in [0.1, 0.15) is 6.33 Å². The molecule has 8 nitrogen and oxygen atoms in total. The van der Waals surface area contributed by atoms with Crippen LogP contribution in [-0.2, 0) is 6.54 Å². The molecule has 2 N–H and O–H groups in total. The summed E-state index contributed by atoms with van der Waals surface area (Å²) in [6.07, 6.45) is 3.38. The van der Waals surface area contributed by atoms with E-state index in [4.69, 9.17) is 15.2 Å². The van der Waals surface area contributed by atoms with Gasteiger partial charge in [0, 0.05) is 18.3 Å². The average Bonchev–Trinajstić information content (AvgIpc) is 3.32. The van der Waals surface area contributed by atoms with Gasteiger partial charge in [0.25, 0.3) is 0 Å². The minimum absolute atomic E-state index is 0.00106. The van der Waals surface area contributed by atoms with Crippen LogP contribution in [0.2, 0.25) is 0 Å². The standard InChI is InChI=1S/C18H16FN5O3/c19-7-12(8-20)9-24-18(25)23(10-22-24)14-3-4-21-15(6-14)13-1-2-16-17(5-13)27-11-26-16/h1-7,10H,8-9,11,20H2/b12-7+. The Morgan fingerprint density at radius 2 is 2.11 bits per heavy atom. The van der Waals surface area contributed by atoms with E-state index in [1.54, 1.807) is 18.3 Å². The van der Waals surface area contributed by atoms with Crippen LogP contribution < -0.4 is 20.9 Å². The fourth-order valence-corrected chi connectivity index (χ4v) is 2.74. The summed E-state index contributed by atoms with van der Waals surface area (Å²) in [6.45, 7) is 0.206. The molecule has 0 saturated heterocycles. The maximum atomic E-state index is 12.7. The molecule has 0 amide bonds. The molecule has 0 spiro atoms. The van der Waals surface area contributed by atoms with E-state index >= 15 is 0 Å². The van der Waals surface area contributed by atoms with Gasteiger partial charge < -0.3 is 15.2 Å². The Hall–Kier alpha value is -3.46. The zero-order chi connectivity index (χ0) is 18.8. The number of rotatable bonds is 5. The maximum Gasteiger partial charge on any atom is 0.350 e. The lowest BCUT2D eigenvalue weighted by Gasteiger charge is -2.06. The molecule has 3 heterocycles. The molecule has 4 rings (SSSR count). The number of fused-ring (bicyclic) bond motifs is 1. The van der Waals surface area contributed by atoms with Gasteiger partial charge >= 0.3 is 5.69 Å². The van der Waals surface area contributed by atoms with Crippen molar-refractivity contribution in [3.05, 3.63) is 65.2 Å². The summed E-state index contributed by atoms with van der Waals surface area (Å²) in [5.74, 6) is 1.33. The summed E-state index contributed by atoms with van der Waals surface area (Å²) >= 11 is 0. The molecule has 0 unspecified atom stereocenters. The predicted octanol–water partition coefficient (Wildman–Crippen LogP) is 1.64. The van der Waals surface area contributed by atoms with Crippen molar-refractivity contribution in [1.82, 2.24) is 19.3 Å². The van der Waals surface area contributed by atoms with Crippen molar-refractivity contribution in [3.63, 3.8) is 0 Å². The van der Waals surface area contributed by atoms with Gasteiger partial charge in [-0.25, -0.2) is 18.4 Å². The van der Waals surface area contributed by atoms with Crippen molar-refractivity contribution in [2.45, 2.75) is 6.54 Å². The van der Waals surface area contributed by atoms with Crippen LogP contribution in [0.25, 0.3) is 16.9 Å². The van der Waals surface area contributed by atoms with Crippen LogP contribution in [0.4, 0.5) is 4.39 Å². The zero-order valence-electron chi connectivity index (χ0n) is 14.2. The Kier molecular flexibility index (Phi) is 4.43. The Balaban J connectivity index is 1.67. The smallest absolute Gasteiger partial charge is 0.350 e. The van der Waals surface area contributed by atoms with E-state index in [0.717, 1.165) is 10.2 Å². The van der Waals surface area contributed by atoms with E-state index < -0.39 is 5.69 Å². The molecule has 3 aromatic rings. The number of ether oxygens (including phenoxy) is 2. The molecular formula is C18H16FN5O3. The largest absolute Gasteiger partial charge is 0.454 e. The lowest BCUT2D eigenvalue weighted by atomic mass is 10.1. The molecule has 0 saturated carbocycles. The second kappa shape index (κ2) is 7.04. The molecule has 0 fully saturated rings. The van der Waals surface area contributed by atoms with Gasteiger partial charge in [0.2, 0.25) is 6.79 Å². The first kappa shape index (κ1) is 17.0. The third-order valence-corrected chi connectivity index (χ3v) is 4.19. The van der Waals surface area contributed by atoms with Crippen molar-refractivity contribution in [2.75, 3.05) is 13.3 Å². The first-order valence-corrected chi connectivity index (χ1v) is 8.18. The number of aromatic nitrogens is 4. The lowest BCUT2D eigenvalue weighted by Crippen LogP contribution is -2.26. The van der Waals surface area contributed by atoms with Crippen LogP contribution in [0.15, 0.2) is 59.6 Å². The van der Waals surface area contributed by atoms with Gasteiger partial charge in [-0.05, 0) is 35.9 Å². The molecule has 0 atom stereocenters. The van der Waals surface area contributed by atoms with Gasteiger partial charge in [-0.2, -0.15) is 5.10 Å². The van der Waals surface area contributed by atoms with Crippen LogP contribution in [0.3, 0.4) is 0 Å². The Labute approximate surface area is 153 Å². The molecule has 0 aliphatic carbocycles. The van der Waals surface area contributed by atoms with E-state index in [1.807, 2.05) is 18.2 Å². The molecular weight excluding hydrogens is 353 g/mol. The van der Waals surface area contributed by atoms with Gasteiger partial charge in [-0.3, -0.25) is 4.98 Å². The van der Waals surface area contributed by atoms with E-state index in [9.17, 15) is 9.18 Å². The van der Waals surface area contributed by atoms with Gasteiger partial charge in [0.05, 0.1) is 24.3 Å². The van der Waals surface area contributed by atoms with E-state index in [2.05, 4.69) is 10.1 Å². The molecule has 2 aromatic heterocycles. The van der Waals surface area contributed by atoms with Crippen molar-refractivity contribution in [2.24, 2.45) is 5.73 Å². The Morgan fingerprint density at radius 1 is 1.26 bits per heavy atom. The summed E-state index contributed by atoms with van der Waals surface area (Å²) < 4.78 is 25.9. The summed E-state index contributed by atoms with van der Waals surface area (Å²) in [6, 6.07) is 8.97. The number of pyridine rings is 1. The van der Waals surface area contributed by atoms with Gasteiger partial charge in [-0.1, -0.05) is 0 Å². The summed E-state index contributed by atoms with van der Waals surface area (Å²) in [4.78, 5) is 16.9. The molecule has 0 bridgehead atoms. The molecule has 27 heavy (non-hydrogen) atoms. The van der Waals surface area contributed by atoms with Crippen LogP contribution in [0.1, 0.15) is 0 Å². The average molecular weight is 369 g/mol. The Morgan fingerprint density at radius 3 is 2.93 bits per heavy atom. The van der Waals surface area contributed by atoms with Gasteiger partial charge in [0.15, 0.2) is 11.5 Å². The van der Waals surface area contributed by atoms with E-state index in [1.165, 1.54) is 10.9 Å². The summed E-state index contributed by atoms with van der Waals surface area (Å²) in [7, 11) is 0. The fraction of sp³-hybridized carbons (Fsp3) is 0.167. The van der Waals surface area contributed by atoms with Crippen molar-refractivity contribution in [3.8, 4) is 28.4 Å². The Bertz CT molecular complexity index is 1070. The zero-order valence-corrected chi connectivity index (χ0v) is 14.2. The highest BCUT2D eigenvalue weighted by atomic mass is 19.1. The third-order valence-electron chi connectivity index (χ3n) is 4.19. The normalized spacial score (nSPS) is 13.2. The number of hydrogen-bond acceptors (Lipinski definition) is 6. The summed E-state index contributed by atoms with van der Waals surface area (Å²) in [5.41, 5.74) is 7.40. The number of nitrogens with two attached hydrogens (primary N) is 1. The number of benzene rings is 1.